The molecule has 0 atom stereocenters. The first-order valence-electron chi connectivity index (χ1n) is 5.56. The van der Waals surface area contributed by atoms with Crippen LogP contribution in [0.25, 0.3) is 0 Å². The van der Waals surface area contributed by atoms with Crippen molar-refractivity contribution in [2.24, 2.45) is 0 Å². The van der Waals surface area contributed by atoms with Crippen LogP contribution in [0.15, 0.2) is 30.6 Å². The summed E-state index contributed by atoms with van der Waals surface area (Å²) in [5.74, 6) is 0.364. The summed E-state index contributed by atoms with van der Waals surface area (Å²) in [6.45, 7) is 2.68. The molecule has 4 nitrogen and oxygen atoms in total. The number of benzene rings is 1. The van der Waals surface area contributed by atoms with Crippen LogP contribution in [0.5, 0.6) is 5.75 Å². The lowest BCUT2D eigenvalue weighted by molar-refractivity contribution is 0.103. The van der Waals surface area contributed by atoms with Gasteiger partial charge in [0.25, 0.3) is 0 Å². The number of rotatable bonds is 4. The number of nitrogens with zero attached hydrogens (tertiary/aromatic N) is 2. The summed E-state index contributed by atoms with van der Waals surface area (Å²) < 4.78 is 6.87. The molecular weight excluding hydrogens is 252 g/mol. The molecule has 5 heteroatoms. The van der Waals surface area contributed by atoms with Gasteiger partial charge in [0.15, 0.2) is 5.78 Å². The zero-order valence-electron chi connectivity index (χ0n) is 10.2. The Balaban J connectivity index is 2.41. The number of ketones is 1. The highest BCUT2D eigenvalue weighted by molar-refractivity contribution is 6.31. The minimum atomic E-state index is -0.144. The van der Waals surface area contributed by atoms with Gasteiger partial charge in [-0.15, -0.1) is 0 Å². The van der Waals surface area contributed by atoms with E-state index in [0.29, 0.717) is 21.9 Å². The van der Waals surface area contributed by atoms with Crippen LogP contribution in [0.4, 0.5) is 0 Å². The van der Waals surface area contributed by atoms with Gasteiger partial charge in [-0.05, 0) is 25.1 Å². The topological polar surface area (TPSA) is 44.1 Å². The van der Waals surface area contributed by atoms with E-state index >= 15 is 0 Å². The number of hydrogen-bond donors (Lipinski definition) is 0. The van der Waals surface area contributed by atoms with E-state index in [4.69, 9.17) is 16.3 Å². The Kier molecular flexibility index (Phi) is 3.67. The van der Waals surface area contributed by atoms with Gasteiger partial charge in [-0.2, -0.15) is 5.10 Å². The van der Waals surface area contributed by atoms with Crippen molar-refractivity contribution < 1.29 is 9.53 Å². The smallest absolute Gasteiger partial charge is 0.199 e. The predicted octanol–water partition coefficient (Wildman–Crippen LogP) is 2.80. The van der Waals surface area contributed by atoms with E-state index in [1.165, 1.54) is 7.11 Å². The molecule has 0 N–H and O–H groups in total. The van der Waals surface area contributed by atoms with Crippen LogP contribution in [-0.4, -0.2) is 22.7 Å². The molecule has 0 fully saturated rings. The third-order valence-electron chi connectivity index (χ3n) is 2.63. The minimum Gasteiger partial charge on any atom is -0.496 e. The Morgan fingerprint density at radius 2 is 2.28 bits per heavy atom. The summed E-state index contributed by atoms with van der Waals surface area (Å²) in [4.78, 5) is 12.3. The highest BCUT2D eigenvalue weighted by atomic mass is 35.5. The van der Waals surface area contributed by atoms with Crippen molar-refractivity contribution in [1.29, 1.82) is 0 Å². The molecule has 1 aromatic carbocycles. The molecule has 1 aromatic heterocycles. The van der Waals surface area contributed by atoms with E-state index in [1.54, 1.807) is 35.3 Å². The van der Waals surface area contributed by atoms with E-state index in [1.807, 2.05) is 6.92 Å². The van der Waals surface area contributed by atoms with Crippen LogP contribution in [0.3, 0.4) is 0 Å². The number of hydrogen-bond acceptors (Lipinski definition) is 3. The van der Waals surface area contributed by atoms with Gasteiger partial charge in [0, 0.05) is 17.8 Å². The summed E-state index contributed by atoms with van der Waals surface area (Å²) >= 11 is 5.91. The fourth-order valence-corrected chi connectivity index (χ4v) is 1.84. The summed E-state index contributed by atoms with van der Waals surface area (Å²) in [7, 11) is 1.52. The van der Waals surface area contributed by atoms with Gasteiger partial charge in [-0.3, -0.25) is 9.48 Å². The Hall–Kier alpha value is -1.81. The molecule has 0 bridgehead atoms. The summed E-state index contributed by atoms with van der Waals surface area (Å²) in [6, 6.07) is 4.97. The second-order valence-electron chi connectivity index (χ2n) is 3.76. The van der Waals surface area contributed by atoms with Crippen LogP contribution in [-0.2, 0) is 6.54 Å². The van der Waals surface area contributed by atoms with Gasteiger partial charge in [0.2, 0.25) is 0 Å². The van der Waals surface area contributed by atoms with Crippen molar-refractivity contribution in [3.63, 3.8) is 0 Å². The maximum absolute atomic E-state index is 12.3. The average molecular weight is 265 g/mol. The number of aromatic nitrogens is 2. The first-order chi connectivity index (χ1) is 8.65. The van der Waals surface area contributed by atoms with Gasteiger partial charge in [0.1, 0.15) is 5.75 Å². The number of halogens is 1. The lowest BCUT2D eigenvalue weighted by atomic mass is 10.1. The van der Waals surface area contributed by atoms with E-state index < -0.39 is 0 Å². The normalized spacial score (nSPS) is 10.4. The molecule has 0 saturated carbocycles. The van der Waals surface area contributed by atoms with E-state index in [-0.39, 0.29) is 5.78 Å². The van der Waals surface area contributed by atoms with Crippen LogP contribution < -0.4 is 4.74 Å². The Morgan fingerprint density at radius 1 is 1.50 bits per heavy atom. The van der Waals surface area contributed by atoms with E-state index in [9.17, 15) is 4.79 Å². The number of carbonyl (C=O) groups excluding carboxylic acids is 1. The van der Waals surface area contributed by atoms with E-state index in [2.05, 4.69) is 5.10 Å². The molecular formula is C13H13ClN2O2. The maximum Gasteiger partial charge on any atom is 0.199 e. The molecule has 0 spiro atoms. The predicted molar refractivity (Wildman–Crippen MR) is 69.3 cm³/mol. The summed E-state index contributed by atoms with van der Waals surface area (Å²) in [5.41, 5.74) is 0.970. The molecule has 2 rings (SSSR count). The zero-order chi connectivity index (χ0) is 13.1. The number of methoxy groups -OCH3 is 1. The first-order valence-corrected chi connectivity index (χ1v) is 5.94. The van der Waals surface area contributed by atoms with Crippen molar-refractivity contribution in [3.8, 4) is 5.75 Å². The third-order valence-corrected chi connectivity index (χ3v) is 2.86. The molecule has 2 aromatic rings. The highest BCUT2D eigenvalue weighted by Gasteiger charge is 2.16. The molecule has 0 aliphatic carbocycles. The highest BCUT2D eigenvalue weighted by Crippen LogP contribution is 2.25. The van der Waals surface area contributed by atoms with Crippen LogP contribution in [0.2, 0.25) is 5.02 Å². The molecule has 18 heavy (non-hydrogen) atoms. The Bertz CT molecular complexity index is 578. The summed E-state index contributed by atoms with van der Waals surface area (Å²) in [6.07, 6.45) is 3.26. The average Bonchev–Trinajstić information content (AvgIpc) is 2.86. The monoisotopic (exact) mass is 264 g/mol. The lowest BCUT2D eigenvalue weighted by Crippen LogP contribution is -2.03. The fraction of sp³-hybridized carbons (Fsp3) is 0.231. The van der Waals surface area contributed by atoms with Crippen molar-refractivity contribution in [2.45, 2.75) is 13.5 Å². The van der Waals surface area contributed by atoms with Crippen LogP contribution >= 0.6 is 11.6 Å². The molecule has 0 unspecified atom stereocenters. The first kappa shape index (κ1) is 12.6. The second-order valence-corrected chi connectivity index (χ2v) is 4.19. The van der Waals surface area contributed by atoms with Crippen molar-refractivity contribution in [3.05, 3.63) is 46.7 Å². The Labute approximate surface area is 110 Å². The summed E-state index contributed by atoms with van der Waals surface area (Å²) in [5, 5.41) is 4.58. The standard InChI is InChI=1S/C13H13ClN2O2/c1-3-16-8-9(7-15-16)13(17)11-6-10(14)4-5-12(11)18-2/h4-8H,3H2,1-2H3. The van der Waals surface area contributed by atoms with Gasteiger partial charge in [-0.25, -0.2) is 0 Å². The van der Waals surface area contributed by atoms with Gasteiger partial charge in [0.05, 0.1) is 24.4 Å². The number of aryl methyl sites for hydroxylation is 1. The van der Waals surface area contributed by atoms with Crippen molar-refractivity contribution in [2.75, 3.05) is 7.11 Å². The largest absolute Gasteiger partial charge is 0.496 e. The third kappa shape index (κ3) is 2.38. The fourth-order valence-electron chi connectivity index (χ4n) is 1.67. The molecule has 94 valence electrons. The van der Waals surface area contributed by atoms with E-state index in [0.717, 1.165) is 6.54 Å². The molecule has 1 heterocycles. The van der Waals surface area contributed by atoms with Gasteiger partial charge < -0.3 is 4.74 Å². The van der Waals surface area contributed by atoms with Crippen molar-refractivity contribution in [1.82, 2.24) is 9.78 Å². The minimum absolute atomic E-state index is 0.144. The maximum atomic E-state index is 12.3. The lowest BCUT2D eigenvalue weighted by Gasteiger charge is -2.06. The van der Waals surface area contributed by atoms with Crippen LogP contribution in [0, 0.1) is 0 Å². The molecule has 0 aliphatic heterocycles. The molecule has 0 radical (unpaired) electrons. The van der Waals surface area contributed by atoms with Gasteiger partial charge in [-0.1, -0.05) is 11.6 Å². The molecule has 0 saturated heterocycles. The molecule has 0 aliphatic rings. The van der Waals surface area contributed by atoms with Crippen molar-refractivity contribution >= 4 is 17.4 Å². The Morgan fingerprint density at radius 3 is 2.89 bits per heavy atom. The zero-order valence-corrected chi connectivity index (χ0v) is 10.9. The SMILES string of the molecule is CCn1cc(C(=O)c2cc(Cl)ccc2OC)cn1. The quantitative estimate of drug-likeness (QED) is 0.798. The number of ether oxygens (including phenoxy) is 1. The second kappa shape index (κ2) is 5.23. The number of carbonyl (C=O) groups is 1. The molecule has 0 amide bonds. The van der Waals surface area contributed by atoms with Gasteiger partial charge >= 0.3 is 0 Å². The van der Waals surface area contributed by atoms with Crippen LogP contribution in [0.1, 0.15) is 22.8 Å².